The molecule has 2 rings (SSSR count). The lowest BCUT2D eigenvalue weighted by Crippen LogP contribution is -1.92. The van der Waals surface area contributed by atoms with Crippen LogP contribution < -0.4 is 0 Å². The lowest BCUT2D eigenvalue weighted by atomic mass is 10.1. The van der Waals surface area contributed by atoms with Gasteiger partial charge in [-0.3, -0.25) is 4.98 Å². The predicted molar refractivity (Wildman–Crippen MR) is 54.7 cm³/mol. The Morgan fingerprint density at radius 3 is 2.50 bits per heavy atom. The van der Waals surface area contributed by atoms with E-state index in [0.717, 1.165) is 22.4 Å². The van der Waals surface area contributed by atoms with Gasteiger partial charge in [-0.2, -0.15) is 0 Å². The molecule has 0 fully saturated rings. The monoisotopic (exact) mass is 185 g/mol. The number of aromatic nitrogens is 3. The molecule has 2 aromatic heterocycles. The molecule has 0 amide bonds. The zero-order valence-corrected chi connectivity index (χ0v) is 8.23. The molecule has 0 aliphatic heterocycles. The summed E-state index contributed by atoms with van der Waals surface area (Å²) in [5.41, 5.74) is 4.33. The van der Waals surface area contributed by atoms with Gasteiger partial charge in [-0.05, 0) is 31.0 Å². The third-order valence-electron chi connectivity index (χ3n) is 2.17. The van der Waals surface area contributed by atoms with Crippen molar-refractivity contribution in [2.75, 3.05) is 0 Å². The van der Waals surface area contributed by atoms with Crippen molar-refractivity contribution in [1.29, 1.82) is 0 Å². The summed E-state index contributed by atoms with van der Waals surface area (Å²) in [5.74, 6) is 0. The lowest BCUT2D eigenvalue weighted by Gasteiger charge is -2.05. The van der Waals surface area contributed by atoms with Crippen molar-refractivity contribution in [3.63, 3.8) is 0 Å². The second-order valence-corrected chi connectivity index (χ2v) is 3.24. The minimum Gasteiger partial charge on any atom is -0.264 e. The summed E-state index contributed by atoms with van der Waals surface area (Å²) in [5, 5.41) is 0. The molecule has 0 radical (unpaired) electrons. The van der Waals surface area contributed by atoms with Gasteiger partial charge >= 0.3 is 0 Å². The Labute approximate surface area is 82.9 Å². The quantitative estimate of drug-likeness (QED) is 0.683. The third-order valence-corrected chi connectivity index (χ3v) is 2.17. The molecule has 0 spiro atoms. The van der Waals surface area contributed by atoms with Gasteiger partial charge in [-0.15, -0.1) is 0 Å². The summed E-state index contributed by atoms with van der Waals surface area (Å²) in [4.78, 5) is 12.3. The van der Waals surface area contributed by atoms with E-state index in [9.17, 15) is 0 Å². The van der Waals surface area contributed by atoms with E-state index in [4.69, 9.17) is 0 Å². The van der Waals surface area contributed by atoms with Crippen molar-refractivity contribution in [3.05, 3.63) is 42.1 Å². The molecule has 0 unspecified atom stereocenters. The number of rotatable bonds is 1. The van der Waals surface area contributed by atoms with Gasteiger partial charge < -0.3 is 0 Å². The van der Waals surface area contributed by atoms with Crippen LogP contribution in [0.1, 0.15) is 11.1 Å². The SMILES string of the molecule is Cc1cnccc1-c1ncncc1C. The number of pyridine rings is 1. The lowest BCUT2D eigenvalue weighted by molar-refractivity contribution is 1.12. The smallest absolute Gasteiger partial charge is 0.116 e. The molecule has 3 heteroatoms. The summed E-state index contributed by atoms with van der Waals surface area (Å²) in [6.45, 7) is 4.04. The van der Waals surface area contributed by atoms with E-state index >= 15 is 0 Å². The number of hydrogen-bond donors (Lipinski definition) is 0. The molecule has 0 N–H and O–H groups in total. The third kappa shape index (κ3) is 1.48. The summed E-state index contributed by atoms with van der Waals surface area (Å²) < 4.78 is 0. The average Bonchev–Trinajstić information content (AvgIpc) is 2.20. The zero-order valence-electron chi connectivity index (χ0n) is 8.23. The fourth-order valence-corrected chi connectivity index (χ4v) is 1.42. The molecule has 2 heterocycles. The van der Waals surface area contributed by atoms with E-state index in [1.54, 1.807) is 12.5 Å². The first kappa shape index (κ1) is 8.81. The summed E-state index contributed by atoms with van der Waals surface area (Å²) in [6.07, 6.45) is 7.02. The van der Waals surface area contributed by atoms with Crippen molar-refractivity contribution in [2.45, 2.75) is 13.8 Å². The second-order valence-electron chi connectivity index (χ2n) is 3.24. The molecule has 3 nitrogen and oxygen atoms in total. The van der Waals surface area contributed by atoms with Crippen LogP contribution >= 0.6 is 0 Å². The molecule has 0 atom stereocenters. The highest BCUT2D eigenvalue weighted by Gasteiger charge is 2.05. The molecule has 2 aromatic rings. The Hall–Kier alpha value is -1.77. The molecule has 0 bridgehead atoms. The van der Waals surface area contributed by atoms with Gasteiger partial charge in [0.2, 0.25) is 0 Å². The molecule has 0 saturated carbocycles. The van der Waals surface area contributed by atoms with Gasteiger partial charge in [-0.1, -0.05) is 0 Å². The molecular formula is C11H11N3. The highest BCUT2D eigenvalue weighted by atomic mass is 14.8. The number of nitrogens with zero attached hydrogens (tertiary/aromatic N) is 3. The second kappa shape index (κ2) is 3.54. The van der Waals surface area contributed by atoms with E-state index in [0.29, 0.717) is 0 Å². The number of hydrogen-bond acceptors (Lipinski definition) is 3. The fourth-order valence-electron chi connectivity index (χ4n) is 1.42. The van der Waals surface area contributed by atoms with Gasteiger partial charge in [0.25, 0.3) is 0 Å². The predicted octanol–water partition coefficient (Wildman–Crippen LogP) is 2.16. The van der Waals surface area contributed by atoms with Crippen LogP contribution in [0.4, 0.5) is 0 Å². The van der Waals surface area contributed by atoms with Gasteiger partial charge in [0.1, 0.15) is 6.33 Å². The van der Waals surface area contributed by atoms with E-state index in [2.05, 4.69) is 15.0 Å². The highest BCUT2D eigenvalue weighted by molar-refractivity contribution is 5.64. The normalized spacial score (nSPS) is 10.1. The van der Waals surface area contributed by atoms with Crippen LogP contribution in [0.5, 0.6) is 0 Å². The topological polar surface area (TPSA) is 38.7 Å². The van der Waals surface area contributed by atoms with E-state index in [-0.39, 0.29) is 0 Å². The zero-order chi connectivity index (χ0) is 9.97. The van der Waals surface area contributed by atoms with Crippen molar-refractivity contribution in [2.24, 2.45) is 0 Å². The standard InChI is InChI=1S/C11H11N3/c1-8-5-12-4-3-10(8)11-9(2)6-13-7-14-11/h3-7H,1-2H3. The van der Waals surface area contributed by atoms with Crippen LogP contribution in [-0.4, -0.2) is 15.0 Å². The maximum absolute atomic E-state index is 4.27. The first-order valence-corrected chi connectivity index (χ1v) is 4.46. The first-order chi connectivity index (χ1) is 6.79. The molecule has 0 saturated heterocycles. The van der Waals surface area contributed by atoms with Crippen LogP contribution in [0.3, 0.4) is 0 Å². The average molecular weight is 185 g/mol. The number of aryl methyl sites for hydroxylation is 2. The van der Waals surface area contributed by atoms with Gasteiger partial charge in [0.15, 0.2) is 0 Å². The highest BCUT2D eigenvalue weighted by Crippen LogP contribution is 2.22. The molecule has 14 heavy (non-hydrogen) atoms. The van der Waals surface area contributed by atoms with Crippen molar-refractivity contribution >= 4 is 0 Å². The van der Waals surface area contributed by atoms with Gasteiger partial charge in [-0.25, -0.2) is 9.97 Å². The first-order valence-electron chi connectivity index (χ1n) is 4.46. The Morgan fingerprint density at radius 1 is 1.00 bits per heavy atom. The maximum Gasteiger partial charge on any atom is 0.116 e. The van der Waals surface area contributed by atoms with E-state index in [1.165, 1.54) is 0 Å². The molecule has 70 valence electrons. The molecular weight excluding hydrogens is 174 g/mol. The van der Waals surface area contributed by atoms with E-state index < -0.39 is 0 Å². The van der Waals surface area contributed by atoms with Crippen molar-refractivity contribution in [1.82, 2.24) is 15.0 Å². The fraction of sp³-hybridized carbons (Fsp3) is 0.182. The summed E-state index contributed by atoms with van der Waals surface area (Å²) in [7, 11) is 0. The molecule has 0 aromatic carbocycles. The molecule has 0 aliphatic carbocycles. The molecule has 0 aliphatic rings. The van der Waals surface area contributed by atoms with Crippen LogP contribution in [0, 0.1) is 13.8 Å². The van der Waals surface area contributed by atoms with Crippen LogP contribution in [-0.2, 0) is 0 Å². The van der Waals surface area contributed by atoms with Crippen LogP contribution in [0.15, 0.2) is 31.0 Å². The summed E-state index contributed by atoms with van der Waals surface area (Å²) >= 11 is 0. The van der Waals surface area contributed by atoms with E-state index in [1.807, 2.05) is 32.3 Å². The minimum atomic E-state index is 0.986. The van der Waals surface area contributed by atoms with Gasteiger partial charge in [0, 0.05) is 24.2 Å². The van der Waals surface area contributed by atoms with Gasteiger partial charge in [0.05, 0.1) is 5.69 Å². The van der Waals surface area contributed by atoms with Crippen molar-refractivity contribution in [3.8, 4) is 11.3 Å². The Morgan fingerprint density at radius 2 is 1.79 bits per heavy atom. The minimum absolute atomic E-state index is 0.986. The largest absolute Gasteiger partial charge is 0.264 e. The maximum atomic E-state index is 4.27. The Bertz CT molecular complexity index is 408. The Kier molecular flexibility index (Phi) is 2.23. The summed E-state index contributed by atoms with van der Waals surface area (Å²) in [6, 6.07) is 1.98. The van der Waals surface area contributed by atoms with Crippen LogP contribution in [0.25, 0.3) is 11.3 Å². The Balaban J connectivity index is 2.61. The van der Waals surface area contributed by atoms with Crippen molar-refractivity contribution < 1.29 is 0 Å². The van der Waals surface area contributed by atoms with Crippen LogP contribution in [0.2, 0.25) is 0 Å².